The molecule has 0 spiro atoms. The third kappa shape index (κ3) is 5.56. The van der Waals surface area contributed by atoms with E-state index in [2.05, 4.69) is 231 Å². The molecule has 0 aliphatic carbocycles. The zero-order valence-corrected chi connectivity index (χ0v) is 34.6. The molecule has 0 aliphatic rings. The minimum Gasteiger partial charge on any atom is -0.309 e. The van der Waals surface area contributed by atoms with Crippen LogP contribution in [0.5, 0.6) is 0 Å². The summed E-state index contributed by atoms with van der Waals surface area (Å²) in [7, 11) is 0. The molecular formula is C56H47N3. The molecule has 0 fully saturated rings. The van der Waals surface area contributed by atoms with Crippen molar-refractivity contribution >= 4 is 65.4 Å². The molecule has 3 heterocycles. The average Bonchev–Trinajstić information content (AvgIpc) is 3.88. The van der Waals surface area contributed by atoms with Crippen molar-refractivity contribution in [2.24, 2.45) is 0 Å². The van der Waals surface area contributed by atoms with Gasteiger partial charge >= 0.3 is 0 Å². The molecule has 8 aromatic carbocycles. The third-order valence-corrected chi connectivity index (χ3v) is 12.5. The van der Waals surface area contributed by atoms with Crippen LogP contribution in [0.2, 0.25) is 0 Å². The zero-order valence-electron chi connectivity index (χ0n) is 34.6. The Balaban J connectivity index is 1.21. The van der Waals surface area contributed by atoms with Crippen LogP contribution < -0.4 is 0 Å². The molecule has 3 heteroatoms. The fourth-order valence-electron chi connectivity index (χ4n) is 9.45. The van der Waals surface area contributed by atoms with Gasteiger partial charge in [0.2, 0.25) is 0 Å². The molecule has 0 radical (unpaired) electrons. The van der Waals surface area contributed by atoms with Crippen LogP contribution in [0.25, 0.3) is 93.6 Å². The van der Waals surface area contributed by atoms with E-state index in [1.54, 1.807) is 0 Å². The van der Waals surface area contributed by atoms with E-state index in [9.17, 15) is 0 Å². The Morgan fingerprint density at radius 1 is 0.271 bits per heavy atom. The van der Waals surface area contributed by atoms with Crippen molar-refractivity contribution in [3.05, 3.63) is 187 Å². The van der Waals surface area contributed by atoms with Crippen molar-refractivity contribution in [2.75, 3.05) is 0 Å². The normalized spacial score (nSPS) is 12.6. The molecule has 3 aromatic heterocycles. The molecule has 3 nitrogen and oxygen atoms in total. The first-order chi connectivity index (χ1) is 28.5. The number of hydrogen-bond donors (Lipinski definition) is 0. The van der Waals surface area contributed by atoms with E-state index < -0.39 is 0 Å². The van der Waals surface area contributed by atoms with Crippen LogP contribution >= 0.6 is 0 Å². The van der Waals surface area contributed by atoms with Crippen molar-refractivity contribution < 1.29 is 0 Å². The van der Waals surface area contributed by atoms with E-state index in [1.807, 2.05) is 0 Å². The number of aromatic nitrogens is 3. The summed E-state index contributed by atoms with van der Waals surface area (Å²) in [6.07, 6.45) is 0. The summed E-state index contributed by atoms with van der Waals surface area (Å²) >= 11 is 0. The SMILES string of the molecule is CC(C)(C)c1ccc2c(c1)c1cc(C(C)(C)C)ccc1n2-c1ccc2c(c1)c1cc(-n3c4ccccc4c4ccccc43)ccc1n2-c1cccc(-c2ccccc2)c1. The molecule has 11 aromatic rings. The first-order valence-corrected chi connectivity index (χ1v) is 20.9. The van der Waals surface area contributed by atoms with E-state index in [4.69, 9.17) is 0 Å². The lowest BCUT2D eigenvalue weighted by Crippen LogP contribution is -2.10. The quantitative estimate of drug-likeness (QED) is 0.170. The van der Waals surface area contributed by atoms with Crippen LogP contribution in [-0.2, 0) is 10.8 Å². The largest absolute Gasteiger partial charge is 0.309 e. The summed E-state index contributed by atoms with van der Waals surface area (Å²) in [5, 5.41) is 7.57. The van der Waals surface area contributed by atoms with Crippen LogP contribution in [0.4, 0.5) is 0 Å². The minimum atomic E-state index is 0.0386. The van der Waals surface area contributed by atoms with E-state index in [0.29, 0.717) is 0 Å². The fraction of sp³-hybridized carbons (Fsp3) is 0.143. The van der Waals surface area contributed by atoms with E-state index in [0.717, 1.165) is 17.1 Å². The molecule has 0 aliphatic heterocycles. The molecule has 0 unspecified atom stereocenters. The van der Waals surface area contributed by atoms with Gasteiger partial charge in [-0.15, -0.1) is 0 Å². The molecule has 11 rings (SSSR count). The Morgan fingerprint density at radius 2 is 0.644 bits per heavy atom. The molecule has 59 heavy (non-hydrogen) atoms. The first kappa shape index (κ1) is 35.3. The number of rotatable bonds is 4. The van der Waals surface area contributed by atoms with Crippen LogP contribution in [0.15, 0.2) is 176 Å². The summed E-state index contributed by atoms with van der Waals surface area (Å²) in [5.74, 6) is 0. The highest BCUT2D eigenvalue weighted by Crippen LogP contribution is 2.41. The van der Waals surface area contributed by atoms with Crippen LogP contribution in [0.1, 0.15) is 52.7 Å². The van der Waals surface area contributed by atoms with Crippen LogP contribution in [0.3, 0.4) is 0 Å². The minimum absolute atomic E-state index is 0.0386. The summed E-state index contributed by atoms with van der Waals surface area (Å²) in [5.41, 5.74) is 15.9. The number of hydrogen-bond acceptors (Lipinski definition) is 0. The Morgan fingerprint density at radius 3 is 1.12 bits per heavy atom. The molecule has 0 N–H and O–H groups in total. The Kier molecular flexibility index (Phi) is 7.68. The maximum absolute atomic E-state index is 2.49. The maximum Gasteiger partial charge on any atom is 0.0542 e. The summed E-state index contributed by atoms with van der Waals surface area (Å²) in [4.78, 5) is 0. The van der Waals surface area contributed by atoms with Crippen LogP contribution in [0, 0.1) is 0 Å². The number of fused-ring (bicyclic) bond motifs is 9. The van der Waals surface area contributed by atoms with Gasteiger partial charge in [-0.2, -0.15) is 0 Å². The van der Waals surface area contributed by atoms with Crippen LogP contribution in [-0.4, -0.2) is 13.7 Å². The lowest BCUT2D eigenvalue weighted by Gasteiger charge is -2.19. The third-order valence-electron chi connectivity index (χ3n) is 12.5. The second-order valence-corrected chi connectivity index (χ2v) is 18.3. The van der Waals surface area contributed by atoms with Gasteiger partial charge in [-0.1, -0.05) is 133 Å². The summed E-state index contributed by atoms with van der Waals surface area (Å²) in [6, 6.07) is 65.5. The Labute approximate surface area is 345 Å². The number of nitrogens with zero attached hydrogens (tertiary/aromatic N) is 3. The van der Waals surface area contributed by atoms with Gasteiger partial charge in [0.15, 0.2) is 0 Å². The predicted octanol–water partition coefficient (Wildman–Crippen LogP) is 15.2. The van der Waals surface area contributed by atoms with Gasteiger partial charge in [-0.25, -0.2) is 0 Å². The van der Waals surface area contributed by atoms with Gasteiger partial charge in [0, 0.05) is 49.4 Å². The van der Waals surface area contributed by atoms with Crippen molar-refractivity contribution in [3.63, 3.8) is 0 Å². The first-order valence-electron chi connectivity index (χ1n) is 20.9. The highest BCUT2D eigenvalue weighted by Gasteiger charge is 2.23. The summed E-state index contributed by atoms with van der Waals surface area (Å²) < 4.78 is 7.37. The molecule has 0 atom stereocenters. The Hall–Kier alpha value is -6.84. The molecule has 0 amide bonds. The number of para-hydroxylation sites is 2. The van der Waals surface area contributed by atoms with Gasteiger partial charge in [0.05, 0.1) is 33.1 Å². The molecule has 286 valence electrons. The van der Waals surface area contributed by atoms with Crippen molar-refractivity contribution in [2.45, 2.75) is 52.4 Å². The lowest BCUT2D eigenvalue weighted by atomic mass is 9.85. The monoisotopic (exact) mass is 761 g/mol. The highest BCUT2D eigenvalue weighted by atomic mass is 15.0. The lowest BCUT2D eigenvalue weighted by molar-refractivity contribution is 0.590. The number of benzene rings is 8. The van der Waals surface area contributed by atoms with E-state index >= 15 is 0 Å². The van der Waals surface area contributed by atoms with Gasteiger partial charge in [-0.05, 0) is 118 Å². The van der Waals surface area contributed by atoms with Gasteiger partial charge in [-0.3, -0.25) is 0 Å². The van der Waals surface area contributed by atoms with Crippen molar-refractivity contribution in [3.8, 4) is 28.2 Å². The van der Waals surface area contributed by atoms with Gasteiger partial charge < -0.3 is 13.7 Å². The Bertz CT molecular complexity index is 3320. The highest BCUT2D eigenvalue weighted by molar-refractivity contribution is 6.14. The second kappa shape index (κ2) is 12.8. The smallest absolute Gasteiger partial charge is 0.0542 e. The molecule has 0 saturated heterocycles. The van der Waals surface area contributed by atoms with Crippen molar-refractivity contribution in [1.82, 2.24) is 13.7 Å². The summed E-state index contributed by atoms with van der Waals surface area (Å²) in [6.45, 7) is 13.8. The van der Waals surface area contributed by atoms with E-state index in [1.165, 1.54) is 87.7 Å². The van der Waals surface area contributed by atoms with Gasteiger partial charge in [0.25, 0.3) is 0 Å². The maximum atomic E-state index is 2.49. The average molecular weight is 762 g/mol. The fourth-order valence-corrected chi connectivity index (χ4v) is 9.45. The molecule has 0 saturated carbocycles. The molecule has 0 bridgehead atoms. The standard InChI is InChI=1S/C56H47N3/c1-55(2,3)38-23-27-51-45(32-38)46-33-39(56(4,5)6)24-28-52(46)59(51)42-26-30-54-48(35-42)47-34-41(58-49-21-12-10-19-43(49)44-20-11-13-22-50(44)58)25-29-53(47)57(54)40-18-14-17-37(31-40)36-15-8-7-9-16-36/h7-35H,1-6H3. The van der Waals surface area contributed by atoms with E-state index in [-0.39, 0.29) is 10.8 Å². The van der Waals surface area contributed by atoms with Gasteiger partial charge in [0.1, 0.15) is 0 Å². The van der Waals surface area contributed by atoms with Crippen molar-refractivity contribution in [1.29, 1.82) is 0 Å². The predicted molar refractivity (Wildman–Crippen MR) is 252 cm³/mol. The second-order valence-electron chi connectivity index (χ2n) is 18.3. The molecular weight excluding hydrogens is 715 g/mol. The topological polar surface area (TPSA) is 14.8 Å². The zero-order chi connectivity index (χ0) is 40.2.